The molecule has 31 heavy (non-hydrogen) atoms. The van der Waals surface area contributed by atoms with Gasteiger partial charge in [-0.25, -0.2) is 4.57 Å². The molecule has 3 rings (SSSR count). The van der Waals surface area contributed by atoms with Crippen molar-refractivity contribution in [2.24, 2.45) is 0 Å². The van der Waals surface area contributed by atoms with E-state index in [-0.39, 0.29) is 11.9 Å². The van der Waals surface area contributed by atoms with Gasteiger partial charge >= 0.3 is 0 Å². The monoisotopic (exact) mass is 417 g/mol. The van der Waals surface area contributed by atoms with E-state index in [1.54, 1.807) is 0 Å². The van der Waals surface area contributed by atoms with E-state index in [9.17, 15) is 4.79 Å². The molecule has 3 aromatic rings. The van der Waals surface area contributed by atoms with Crippen molar-refractivity contribution in [2.45, 2.75) is 77.3 Å². The maximum Gasteiger partial charge on any atom is 0.252 e. The van der Waals surface area contributed by atoms with E-state index in [2.05, 4.69) is 53.5 Å². The van der Waals surface area contributed by atoms with Crippen LogP contribution in [0.25, 0.3) is 10.8 Å². The standard InChI is InChI=1S/C28H36N2O/c1-2-3-4-5-6-8-17-25(18-14-23-30-21-11-7-12-22-30)29-28(31)27-20-13-16-24-15-9-10-19-26(24)27/h7,9-13,15-16,19-22,25H,2-6,8,14,17-18,23H2,1H3/p+1. The molecule has 3 nitrogen and oxygen atoms in total. The van der Waals surface area contributed by atoms with Crippen LogP contribution in [0.2, 0.25) is 0 Å². The van der Waals surface area contributed by atoms with Crippen molar-refractivity contribution in [1.82, 2.24) is 5.32 Å². The van der Waals surface area contributed by atoms with Crippen LogP contribution in [0.15, 0.2) is 73.1 Å². The summed E-state index contributed by atoms with van der Waals surface area (Å²) in [6, 6.07) is 20.5. The van der Waals surface area contributed by atoms with Crippen LogP contribution in [0.4, 0.5) is 0 Å². The highest BCUT2D eigenvalue weighted by Gasteiger charge is 2.16. The Labute approximate surface area is 187 Å². The number of hydrogen-bond donors (Lipinski definition) is 1. The third-order valence-corrected chi connectivity index (χ3v) is 6.02. The summed E-state index contributed by atoms with van der Waals surface area (Å²) in [5.41, 5.74) is 0.781. The first-order chi connectivity index (χ1) is 15.3. The molecule has 0 aliphatic heterocycles. The zero-order valence-electron chi connectivity index (χ0n) is 18.9. The Morgan fingerprint density at radius 2 is 1.52 bits per heavy atom. The minimum Gasteiger partial charge on any atom is -0.349 e. The third-order valence-electron chi connectivity index (χ3n) is 6.02. The topological polar surface area (TPSA) is 33.0 Å². The first-order valence-corrected chi connectivity index (χ1v) is 12.0. The van der Waals surface area contributed by atoms with Gasteiger partial charge in [-0.15, -0.1) is 0 Å². The number of aryl methyl sites for hydroxylation is 1. The lowest BCUT2D eigenvalue weighted by molar-refractivity contribution is -0.697. The highest BCUT2D eigenvalue weighted by atomic mass is 16.1. The van der Waals surface area contributed by atoms with E-state index in [4.69, 9.17) is 0 Å². The Morgan fingerprint density at radius 3 is 2.35 bits per heavy atom. The van der Waals surface area contributed by atoms with Crippen molar-refractivity contribution in [3.05, 3.63) is 78.6 Å². The molecule has 1 aromatic heterocycles. The lowest BCUT2D eigenvalue weighted by Gasteiger charge is -2.19. The zero-order chi connectivity index (χ0) is 21.7. The maximum atomic E-state index is 13.2. The number of nitrogens with one attached hydrogen (secondary N) is 1. The van der Waals surface area contributed by atoms with Crippen LogP contribution in [0.5, 0.6) is 0 Å². The van der Waals surface area contributed by atoms with Gasteiger partial charge in [0.05, 0.1) is 0 Å². The fourth-order valence-corrected chi connectivity index (χ4v) is 4.25. The normalized spacial score (nSPS) is 12.0. The Hall–Kier alpha value is -2.68. The summed E-state index contributed by atoms with van der Waals surface area (Å²) in [5.74, 6) is 0.0557. The van der Waals surface area contributed by atoms with Crippen molar-refractivity contribution in [1.29, 1.82) is 0 Å². The van der Waals surface area contributed by atoms with E-state index >= 15 is 0 Å². The second-order valence-electron chi connectivity index (χ2n) is 8.51. The van der Waals surface area contributed by atoms with Gasteiger partial charge in [-0.1, -0.05) is 87.9 Å². The van der Waals surface area contributed by atoms with Gasteiger partial charge < -0.3 is 5.32 Å². The van der Waals surface area contributed by atoms with Gasteiger partial charge in [0.25, 0.3) is 5.91 Å². The first-order valence-electron chi connectivity index (χ1n) is 12.0. The minimum atomic E-state index is 0.0557. The van der Waals surface area contributed by atoms with Gasteiger partial charge in [0.15, 0.2) is 12.4 Å². The van der Waals surface area contributed by atoms with Crippen LogP contribution in [0.1, 0.15) is 75.1 Å². The number of carbonyl (C=O) groups excluding carboxylic acids is 1. The lowest BCUT2D eigenvalue weighted by Crippen LogP contribution is -2.37. The summed E-state index contributed by atoms with van der Waals surface area (Å²) in [7, 11) is 0. The Bertz CT molecular complexity index is 917. The summed E-state index contributed by atoms with van der Waals surface area (Å²) in [4.78, 5) is 13.2. The number of amides is 1. The predicted molar refractivity (Wildman–Crippen MR) is 129 cm³/mol. The summed E-state index contributed by atoms with van der Waals surface area (Å²) >= 11 is 0. The Balaban J connectivity index is 1.59. The number of hydrogen-bond acceptors (Lipinski definition) is 1. The minimum absolute atomic E-state index is 0.0557. The average molecular weight is 418 g/mol. The number of fused-ring (bicyclic) bond motifs is 1. The average Bonchev–Trinajstić information content (AvgIpc) is 2.81. The summed E-state index contributed by atoms with van der Waals surface area (Å²) in [5, 5.41) is 5.51. The molecule has 2 aromatic carbocycles. The number of nitrogens with zero attached hydrogens (tertiary/aromatic N) is 1. The second kappa shape index (κ2) is 12.9. The van der Waals surface area contributed by atoms with Crippen LogP contribution >= 0.6 is 0 Å². The molecule has 1 heterocycles. The molecule has 0 saturated carbocycles. The molecular weight excluding hydrogens is 380 g/mol. The van der Waals surface area contributed by atoms with Crippen molar-refractivity contribution in [3.63, 3.8) is 0 Å². The smallest absolute Gasteiger partial charge is 0.252 e. The van der Waals surface area contributed by atoms with Crippen LogP contribution < -0.4 is 9.88 Å². The molecule has 3 heteroatoms. The molecule has 0 saturated heterocycles. The van der Waals surface area contributed by atoms with Gasteiger partial charge in [0.2, 0.25) is 0 Å². The largest absolute Gasteiger partial charge is 0.349 e. The molecule has 1 N–H and O–H groups in total. The summed E-state index contributed by atoms with van der Waals surface area (Å²) in [6.07, 6.45) is 15.0. The summed E-state index contributed by atoms with van der Waals surface area (Å²) < 4.78 is 2.22. The number of benzene rings is 2. The van der Waals surface area contributed by atoms with Crippen molar-refractivity contribution >= 4 is 16.7 Å². The lowest BCUT2D eigenvalue weighted by atomic mass is 10.00. The fourth-order valence-electron chi connectivity index (χ4n) is 4.25. The highest BCUT2D eigenvalue weighted by Crippen LogP contribution is 2.19. The number of aromatic nitrogens is 1. The molecule has 164 valence electrons. The highest BCUT2D eigenvalue weighted by molar-refractivity contribution is 6.07. The molecular formula is C28H37N2O+. The van der Waals surface area contributed by atoms with E-state index in [1.165, 1.54) is 38.5 Å². The Morgan fingerprint density at radius 1 is 0.806 bits per heavy atom. The van der Waals surface area contributed by atoms with Gasteiger partial charge in [-0.2, -0.15) is 0 Å². The molecule has 0 bridgehead atoms. The quantitative estimate of drug-likeness (QED) is 0.251. The number of unbranched alkanes of at least 4 members (excludes halogenated alkanes) is 5. The Kier molecular flexibility index (Phi) is 9.56. The van der Waals surface area contributed by atoms with Crippen LogP contribution in [-0.4, -0.2) is 11.9 Å². The van der Waals surface area contributed by atoms with E-state index in [1.807, 2.05) is 36.4 Å². The van der Waals surface area contributed by atoms with E-state index in [0.717, 1.165) is 42.1 Å². The van der Waals surface area contributed by atoms with Crippen molar-refractivity contribution < 1.29 is 9.36 Å². The maximum absolute atomic E-state index is 13.2. The first kappa shape index (κ1) is 23.0. The number of carbonyl (C=O) groups is 1. The van der Waals surface area contributed by atoms with E-state index < -0.39 is 0 Å². The predicted octanol–water partition coefficient (Wildman–Crippen LogP) is 6.46. The van der Waals surface area contributed by atoms with Gasteiger partial charge in [-0.3, -0.25) is 4.79 Å². The van der Waals surface area contributed by atoms with Crippen molar-refractivity contribution in [3.8, 4) is 0 Å². The number of pyridine rings is 1. The van der Waals surface area contributed by atoms with Gasteiger partial charge in [0, 0.05) is 30.2 Å². The van der Waals surface area contributed by atoms with Crippen LogP contribution in [0, 0.1) is 0 Å². The fraction of sp³-hybridized carbons (Fsp3) is 0.429. The van der Waals surface area contributed by atoms with Gasteiger partial charge in [-0.05, 0) is 29.7 Å². The molecule has 1 amide bonds. The van der Waals surface area contributed by atoms with E-state index in [0.29, 0.717) is 0 Å². The zero-order valence-corrected chi connectivity index (χ0v) is 18.9. The van der Waals surface area contributed by atoms with Crippen molar-refractivity contribution in [2.75, 3.05) is 0 Å². The molecule has 1 unspecified atom stereocenters. The SMILES string of the molecule is CCCCCCCCC(CCC[n+]1ccccc1)NC(=O)c1cccc2ccccc12. The third kappa shape index (κ3) is 7.50. The molecule has 0 fully saturated rings. The molecule has 0 spiro atoms. The summed E-state index contributed by atoms with van der Waals surface area (Å²) in [6.45, 7) is 3.24. The molecule has 1 atom stereocenters. The molecule has 0 aliphatic carbocycles. The number of rotatable bonds is 13. The van der Waals surface area contributed by atoms with Crippen LogP contribution in [0.3, 0.4) is 0 Å². The second-order valence-corrected chi connectivity index (χ2v) is 8.51. The molecule has 0 aliphatic rings. The van der Waals surface area contributed by atoms with Gasteiger partial charge in [0.1, 0.15) is 6.54 Å². The molecule has 0 radical (unpaired) electrons. The van der Waals surface area contributed by atoms with Crippen LogP contribution in [-0.2, 0) is 6.54 Å².